The molecule has 1 aliphatic rings. The summed E-state index contributed by atoms with van der Waals surface area (Å²) >= 11 is 4.12. The fourth-order valence-corrected chi connectivity index (χ4v) is 5.62. The highest BCUT2D eigenvalue weighted by atomic mass is 32.2. The molecule has 0 bridgehead atoms. The van der Waals surface area contributed by atoms with Crippen LogP contribution in [-0.4, -0.2) is 22.0 Å². The molecule has 0 amide bonds. The summed E-state index contributed by atoms with van der Waals surface area (Å²) in [5, 5.41) is 1.19. The molecule has 0 aromatic heterocycles. The number of hydrazine groups is 1. The molecule has 3 atom stereocenters. The van der Waals surface area contributed by atoms with Crippen molar-refractivity contribution in [1.82, 2.24) is 5.43 Å². The largest absolute Gasteiger partial charge is 0.271 e. The van der Waals surface area contributed by atoms with Crippen LogP contribution >= 0.6 is 23.5 Å². The van der Waals surface area contributed by atoms with Gasteiger partial charge in [-0.3, -0.25) is 11.3 Å². The van der Waals surface area contributed by atoms with E-state index in [0.29, 0.717) is 10.5 Å². The van der Waals surface area contributed by atoms with Crippen LogP contribution in [0, 0.1) is 20.8 Å². The first kappa shape index (κ1) is 15.2. The van der Waals surface area contributed by atoms with Crippen molar-refractivity contribution >= 4 is 23.5 Å². The number of aryl methyl sites for hydroxylation is 3. The monoisotopic (exact) mass is 296 g/mol. The Morgan fingerprint density at radius 1 is 1.11 bits per heavy atom. The van der Waals surface area contributed by atoms with E-state index in [2.05, 4.69) is 68.8 Å². The van der Waals surface area contributed by atoms with Crippen molar-refractivity contribution in [2.75, 3.05) is 11.5 Å². The van der Waals surface area contributed by atoms with Gasteiger partial charge in [0.2, 0.25) is 0 Å². The van der Waals surface area contributed by atoms with Crippen LogP contribution in [0.1, 0.15) is 35.2 Å². The van der Waals surface area contributed by atoms with E-state index in [9.17, 15) is 0 Å². The van der Waals surface area contributed by atoms with E-state index in [4.69, 9.17) is 5.84 Å². The van der Waals surface area contributed by atoms with Crippen LogP contribution < -0.4 is 11.3 Å². The molecule has 3 unspecified atom stereocenters. The van der Waals surface area contributed by atoms with Crippen LogP contribution in [0.5, 0.6) is 0 Å². The van der Waals surface area contributed by atoms with Crippen molar-refractivity contribution < 1.29 is 0 Å². The number of hydrogen-bond acceptors (Lipinski definition) is 4. The topological polar surface area (TPSA) is 38.0 Å². The predicted molar refractivity (Wildman–Crippen MR) is 88.9 cm³/mol. The third-order valence-electron chi connectivity index (χ3n) is 3.96. The second-order valence-corrected chi connectivity index (χ2v) is 8.12. The van der Waals surface area contributed by atoms with Gasteiger partial charge in [-0.25, -0.2) is 0 Å². The zero-order valence-corrected chi connectivity index (χ0v) is 13.8. The fraction of sp³-hybridized carbons (Fsp3) is 0.600. The Kier molecular flexibility index (Phi) is 5.23. The van der Waals surface area contributed by atoms with Crippen molar-refractivity contribution in [3.63, 3.8) is 0 Å². The van der Waals surface area contributed by atoms with Gasteiger partial charge in [-0.2, -0.15) is 23.5 Å². The van der Waals surface area contributed by atoms with Crippen molar-refractivity contribution in [2.45, 2.75) is 44.2 Å². The number of rotatable bonds is 3. The van der Waals surface area contributed by atoms with E-state index in [1.165, 1.54) is 33.8 Å². The maximum atomic E-state index is 5.88. The van der Waals surface area contributed by atoms with Crippen LogP contribution in [-0.2, 0) is 0 Å². The van der Waals surface area contributed by atoms with Crippen LogP contribution in [0.15, 0.2) is 12.1 Å². The Bertz CT molecular complexity index is 448. The Morgan fingerprint density at radius 3 is 2.37 bits per heavy atom. The molecule has 0 saturated carbocycles. The lowest BCUT2D eigenvalue weighted by atomic mass is 9.93. The summed E-state index contributed by atoms with van der Waals surface area (Å²) in [6.07, 6.45) is 0. The molecular weight excluding hydrogens is 272 g/mol. The van der Waals surface area contributed by atoms with Crippen LogP contribution in [0.4, 0.5) is 0 Å². The molecule has 4 heteroatoms. The maximum Gasteiger partial charge on any atom is 0.0591 e. The molecule has 0 spiro atoms. The number of nitrogens with two attached hydrogens (primary N) is 1. The lowest BCUT2D eigenvalue weighted by Crippen LogP contribution is -2.41. The maximum absolute atomic E-state index is 5.88. The molecule has 19 heavy (non-hydrogen) atoms. The van der Waals surface area contributed by atoms with Gasteiger partial charge in [0.05, 0.1) is 6.04 Å². The second-order valence-electron chi connectivity index (χ2n) is 5.35. The van der Waals surface area contributed by atoms with Gasteiger partial charge in [0, 0.05) is 22.0 Å². The standard InChI is InChI=1S/C15H24N2S2/c1-9-7-11(3)13(8-10(9)2)14(17-16)15-12(4)18-5-6-19-15/h7-8,12,14-15,17H,5-6,16H2,1-4H3. The van der Waals surface area contributed by atoms with E-state index < -0.39 is 0 Å². The van der Waals surface area contributed by atoms with Crippen molar-refractivity contribution in [3.8, 4) is 0 Å². The predicted octanol–water partition coefficient (Wildman–Crippen LogP) is 3.35. The highest BCUT2D eigenvalue weighted by Gasteiger charge is 2.31. The van der Waals surface area contributed by atoms with Gasteiger partial charge in [-0.1, -0.05) is 19.1 Å². The number of thioether (sulfide) groups is 2. The molecule has 3 N–H and O–H groups in total. The zero-order chi connectivity index (χ0) is 14.0. The number of benzene rings is 1. The molecule has 2 nitrogen and oxygen atoms in total. The molecule has 1 heterocycles. The van der Waals surface area contributed by atoms with Gasteiger partial charge in [0.1, 0.15) is 0 Å². The van der Waals surface area contributed by atoms with Gasteiger partial charge < -0.3 is 0 Å². The van der Waals surface area contributed by atoms with E-state index >= 15 is 0 Å². The minimum Gasteiger partial charge on any atom is -0.271 e. The molecule has 1 saturated heterocycles. The van der Waals surface area contributed by atoms with Crippen molar-refractivity contribution in [2.24, 2.45) is 5.84 Å². The van der Waals surface area contributed by atoms with Crippen molar-refractivity contribution in [1.29, 1.82) is 0 Å². The van der Waals surface area contributed by atoms with E-state index in [0.717, 1.165) is 0 Å². The molecular formula is C15H24N2S2. The Labute approximate surface area is 125 Å². The quantitative estimate of drug-likeness (QED) is 0.662. The molecule has 1 fully saturated rings. The van der Waals surface area contributed by atoms with Gasteiger partial charge in [-0.15, -0.1) is 0 Å². The summed E-state index contributed by atoms with van der Waals surface area (Å²) in [6, 6.07) is 4.83. The molecule has 1 aromatic rings. The molecule has 2 rings (SSSR count). The third-order valence-corrected chi connectivity index (χ3v) is 7.16. The van der Waals surface area contributed by atoms with Gasteiger partial charge in [0.15, 0.2) is 0 Å². The average Bonchev–Trinajstić information content (AvgIpc) is 2.38. The second kappa shape index (κ2) is 6.53. The molecule has 1 aromatic carbocycles. The van der Waals surface area contributed by atoms with Crippen LogP contribution in [0.2, 0.25) is 0 Å². The number of nitrogens with one attached hydrogen (secondary N) is 1. The minimum absolute atomic E-state index is 0.243. The first-order chi connectivity index (χ1) is 9.04. The van der Waals surface area contributed by atoms with Gasteiger partial charge in [-0.05, 0) is 43.0 Å². The number of hydrogen-bond donors (Lipinski definition) is 2. The van der Waals surface area contributed by atoms with Gasteiger partial charge in [0.25, 0.3) is 0 Å². The Hall–Kier alpha value is -0.160. The van der Waals surface area contributed by atoms with E-state index in [-0.39, 0.29) is 6.04 Å². The fourth-order valence-electron chi connectivity index (χ4n) is 2.70. The highest BCUT2D eigenvalue weighted by molar-refractivity contribution is 8.07. The van der Waals surface area contributed by atoms with Crippen LogP contribution in [0.3, 0.4) is 0 Å². The summed E-state index contributed by atoms with van der Waals surface area (Å²) < 4.78 is 0. The Balaban J connectivity index is 2.33. The highest BCUT2D eigenvalue weighted by Crippen LogP contribution is 2.39. The Morgan fingerprint density at radius 2 is 1.74 bits per heavy atom. The SMILES string of the molecule is Cc1cc(C)c(C(NN)C2SCCSC2C)cc1C. The summed E-state index contributed by atoms with van der Waals surface area (Å²) in [4.78, 5) is 0. The smallest absolute Gasteiger partial charge is 0.0591 e. The summed E-state index contributed by atoms with van der Waals surface area (Å²) in [7, 11) is 0. The first-order valence-electron chi connectivity index (χ1n) is 6.81. The molecule has 0 aliphatic carbocycles. The lowest BCUT2D eigenvalue weighted by Gasteiger charge is -2.35. The minimum atomic E-state index is 0.243. The average molecular weight is 297 g/mol. The van der Waals surface area contributed by atoms with Gasteiger partial charge >= 0.3 is 0 Å². The summed E-state index contributed by atoms with van der Waals surface area (Å²) in [6.45, 7) is 8.86. The summed E-state index contributed by atoms with van der Waals surface area (Å²) in [5.41, 5.74) is 8.48. The first-order valence-corrected chi connectivity index (χ1v) is 8.91. The zero-order valence-electron chi connectivity index (χ0n) is 12.2. The van der Waals surface area contributed by atoms with Crippen molar-refractivity contribution in [3.05, 3.63) is 34.4 Å². The molecule has 106 valence electrons. The normalized spacial score (nSPS) is 25.3. The lowest BCUT2D eigenvalue weighted by molar-refractivity contribution is 0.524. The van der Waals surface area contributed by atoms with E-state index in [1.54, 1.807) is 0 Å². The molecule has 0 radical (unpaired) electrons. The third kappa shape index (κ3) is 3.30. The summed E-state index contributed by atoms with van der Waals surface area (Å²) in [5.74, 6) is 8.36. The van der Waals surface area contributed by atoms with Crippen LogP contribution in [0.25, 0.3) is 0 Å². The molecule has 1 aliphatic heterocycles. The van der Waals surface area contributed by atoms with E-state index in [1.807, 2.05) is 0 Å².